The lowest BCUT2D eigenvalue weighted by Gasteiger charge is -2.19. The number of anilines is 1. The minimum Gasteiger partial charge on any atom is -0.449 e. The molecule has 0 N–H and O–H groups in total. The van der Waals surface area contributed by atoms with Gasteiger partial charge in [-0.15, -0.1) is 0 Å². The standard InChI is InChI=1S/C17H16ClNO4/c1-3-22-17(21)19(2)14-9-4-5-10-15(14)23-16(20)12-7-6-8-13(18)11-12/h4-11H,3H2,1-2H3. The number of esters is 1. The molecule has 6 heteroatoms. The number of hydrogen-bond donors (Lipinski definition) is 0. The Morgan fingerprint density at radius 3 is 2.57 bits per heavy atom. The summed E-state index contributed by atoms with van der Waals surface area (Å²) in [7, 11) is 1.55. The molecule has 5 nitrogen and oxygen atoms in total. The molecule has 0 unspecified atom stereocenters. The van der Waals surface area contributed by atoms with E-state index in [0.717, 1.165) is 0 Å². The smallest absolute Gasteiger partial charge is 0.414 e. The van der Waals surface area contributed by atoms with Gasteiger partial charge in [0.2, 0.25) is 0 Å². The van der Waals surface area contributed by atoms with Gasteiger partial charge >= 0.3 is 12.1 Å². The van der Waals surface area contributed by atoms with Crippen LogP contribution in [0.15, 0.2) is 48.5 Å². The second kappa shape index (κ2) is 7.65. The van der Waals surface area contributed by atoms with Crippen molar-refractivity contribution in [2.75, 3.05) is 18.6 Å². The van der Waals surface area contributed by atoms with E-state index in [1.807, 2.05) is 0 Å². The van der Waals surface area contributed by atoms with Crippen LogP contribution in [0.1, 0.15) is 17.3 Å². The van der Waals surface area contributed by atoms with Gasteiger partial charge in [0, 0.05) is 12.1 Å². The van der Waals surface area contributed by atoms with E-state index < -0.39 is 12.1 Å². The van der Waals surface area contributed by atoms with Gasteiger partial charge in [0.15, 0.2) is 5.75 Å². The lowest BCUT2D eigenvalue weighted by molar-refractivity contribution is 0.0734. The Morgan fingerprint density at radius 2 is 1.87 bits per heavy atom. The number of ether oxygens (including phenoxy) is 2. The Bertz CT molecular complexity index is 717. The Hall–Kier alpha value is -2.53. The van der Waals surface area contributed by atoms with Crippen LogP contribution in [0.5, 0.6) is 5.75 Å². The first kappa shape index (κ1) is 16.8. The maximum atomic E-state index is 12.2. The fourth-order valence-electron chi connectivity index (χ4n) is 1.91. The van der Waals surface area contributed by atoms with Crippen molar-refractivity contribution in [3.05, 3.63) is 59.1 Å². The van der Waals surface area contributed by atoms with Crippen LogP contribution in [0.25, 0.3) is 0 Å². The lowest BCUT2D eigenvalue weighted by atomic mass is 10.2. The van der Waals surface area contributed by atoms with Crippen LogP contribution in [0.4, 0.5) is 10.5 Å². The van der Waals surface area contributed by atoms with Crippen molar-refractivity contribution in [3.8, 4) is 5.75 Å². The van der Waals surface area contributed by atoms with Crippen LogP contribution >= 0.6 is 11.6 Å². The number of nitrogens with zero attached hydrogens (tertiary/aromatic N) is 1. The van der Waals surface area contributed by atoms with E-state index in [1.165, 1.54) is 11.0 Å². The number of amides is 1. The fraction of sp³-hybridized carbons (Fsp3) is 0.176. The van der Waals surface area contributed by atoms with Gasteiger partial charge in [-0.05, 0) is 37.3 Å². The summed E-state index contributed by atoms with van der Waals surface area (Å²) in [5, 5.41) is 0.441. The summed E-state index contributed by atoms with van der Waals surface area (Å²) in [6.45, 7) is 1.98. The third-order valence-corrected chi connectivity index (χ3v) is 3.27. The van der Waals surface area contributed by atoms with E-state index in [0.29, 0.717) is 16.3 Å². The summed E-state index contributed by atoms with van der Waals surface area (Å²) < 4.78 is 10.3. The highest BCUT2D eigenvalue weighted by atomic mass is 35.5. The van der Waals surface area contributed by atoms with Gasteiger partial charge < -0.3 is 9.47 Å². The molecule has 0 aromatic heterocycles. The van der Waals surface area contributed by atoms with Crippen LogP contribution in [0, 0.1) is 0 Å². The predicted octanol–water partition coefficient (Wildman–Crippen LogP) is 4.15. The Labute approximate surface area is 139 Å². The van der Waals surface area contributed by atoms with E-state index in [2.05, 4.69) is 0 Å². The molecule has 0 atom stereocenters. The number of para-hydroxylation sites is 2. The first-order chi connectivity index (χ1) is 11.0. The van der Waals surface area contributed by atoms with Crippen molar-refractivity contribution in [1.29, 1.82) is 0 Å². The average Bonchev–Trinajstić information content (AvgIpc) is 2.55. The normalized spacial score (nSPS) is 10.0. The zero-order valence-corrected chi connectivity index (χ0v) is 13.5. The van der Waals surface area contributed by atoms with Gasteiger partial charge in [0.1, 0.15) is 0 Å². The van der Waals surface area contributed by atoms with Crippen molar-refractivity contribution in [2.24, 2.45) is 0 Å². The van der Waals surface area contributed by atoms with Crippen molar-refractivity contribution >= 4 is 29.4 Å². The summed E-state index contributed by atoms with van der Waals surface area (Å²) in [5.41, 5.74) is 0.757. The molecule has 2 aromatic rings. The minimum atomic E-state index is -0.558. The maximum absolute atomic E-state index is 12.2. The summed E-state index contributed by atoms with van der Waals surface area (Å²) in [6, 6.07) is 13.2. The number of halogens is 1. The van der Waals surface area contributed by atoms with Crippen molar-refractivity contribution in [1.82, 2.24) is 0 Å². The average molecular weight is 334 g/mol. The fourth-order valence-corrected chi connectivity index (χ4v) is 2.10. The number of carbonyl (C=O) groups excluding carboxylic acids is 2. The van der Waals surface area contributed by atoms with Crippen molar-refractivity contribution < 1.29 is 19.1 Å². The van der Waals surface area contributed by atoms with E-state index >= 15 is 0 Å². The highest BCUT2D eigenvalue weighted by Gasteiger charge is 2.18. The second-order valence-electron chi connectivity index (χ2n) is 4.63. The zero-order valence-electron chi connectivity index (χ0n) is 12.8. The van der Waals surface area contributed by atoms with E-state index in [9.17, 15) is 9.59 Å². The molecule has 1 amide bonds. The highest BCUT2D eigenvalue weighted by Crippen LogP contribution is 2.28. The summed E-state index contributed by atoms with van der Waals surface area (Å²) in [5.74, 6) is -0.301. The molecule has 0 saturated carbocycles. The molecule has 23 heavy (non-hydrogen) atoms. The van der Waals surface area contributed by atoms with Gasteiger partial charge in [-0.25, -0.2) is 9.59 Å². The maximum Gasteiger partial charge on any atom is 0.414 e. The molecular formula is C17H16ClNO4. The van der Waals surface area contributed by atoms with Gasteiger partial charge in [0.25, 0.3) is 0 Å². The van der Waals surface area contributed by atoms with Gasteiger partial charge in [-0.3, -0.25) is 4.90 Å². The molecule has 0 radical (unpaired) electrons. The van der Waals surface area contributed by atoms with Crippen LogP contribution in [0.2, 0.25) is 5.02 Å². The van der Waals surface area contributed by atoms with E-state index in [1.54, 1.807) is 56.4 Å². The first-order valence-corrected chi connectivity index (χ1v) is 7.38. The second-order valence-corrected chi connectivity index (χ2v) is 5.06. The quantitative estimate of drug-likeness (QED) is 0.623. The molecule has 0 spiro atoms. The number of hydrogen-bond acceptors (Lipinski definition) is 4. The molecular weight excluding hydrogens is 318 g/mol. The van der Waals surface area contributed by atoms with E-state index in [4.69, 9.17) is 21.1 Å². The zero-order chi connectivity index (χ0) is 16.8. The predicted molar refractivity (Wildman–Crippen MR) is 88.3 cm³/mol. The topological polar surface area (TPSA) is 55.8 Å². The SMILES string of the molecule is CCOC(=O)N(C)c1ccccc1OC(=O)c1cccc(Cl)c1. The molecule has 120 valence electrons. The van der Waals surface area contributed by atoms with Gasteiger partial charge in [-0.1, -0.05) is 29.8 Å². The molecule has 2 aromatic carbocycles. The monoisotopic (exact) mass is 333 g/mol. The van der Waals surface area contributed by atoms with Crippen molar-refractivity contribution in [3.63, 3.8) is 0 Å². The largest absolute Gasteiger partial charge is 0.449 e. The van der Waals surface area contributed by atoms with Gasteiger partial charge in [-0.2, -0.15) is 0 Å². The highest BCUT2D eigenvalue weighted by molar-refractivity contribution is 6.30. The van der Waals surface area contributed by atoms with Crippen LogP contribution in [-0.4, -0.2) is 25.7 Å². The molecule has 0 heterocycles. The molecule has 0 fully saturated rings. The van der Waals surface area contributed by atoms with Crippen molar-refractivity contribution in [2.45, 2.75) is 6.92 Å². The van der Waals surface area contributed by atoms with E-state index in [-0.39, 0.29) is 12.4 Å². The third-order valence-electron chi connectivity index (χ3n) is 3.03. The first-order valence-electron chi connectivity index (χ1n) is 7.00. The molecule has 0 aliphatic carbocycles. The lowest BCUT2D eigenvalue weighted by Crippen LogP contribution is -2.27. The number of rotatable bonds is 4. The molecule has 0 aliphatic heterocycles. The summed E-state index contributed by atoms with van der Waals surface area (Å²) in [4.78, 5) is 25.3. The number of benzene rings is 2. The van der Waals surface area contributed by atoms with Crippen LogP contribution < -0.4 is 9.64 Å². The Balaban J connectivity index is 2.23. The van der Waals surface area contributed by atoms with Gasteiger partial charge in [0.05, 0.1) is 17.9 Å². The molecule has 2 rings (SSSR count). The summed E-state index contributed by atoms with van der Waals surface area (Å²) >= 11 is 5.87. The molecule has 0 bridgehead atoms. The third kappa shape index (κ3) is 4.23. The summed E-state index contributed by atoms with van der Waals surface area (Å²) in [6.07, 6.45) is -0.529. The number of carbonyl (C=O) groups is 2. The van der Waals surface area contributed by atoms with Crippen LogP contribution in [-0.2, 0) is 4.74 Å². The Kier molecular flexibility index (Phi) is 5.60. The minimum absolute atomic E-state index is 0.257. The Morgan fingerprint density at radius 1 is 1.13 bits per heavy atom. The van der Waals surface area contributed by atoms with Crippen LogP contribution in [0.3, 0.4) is 0 Å². The molecule has 0 aliphatic rings. The molecule has 0 saturated heterocycles.